The number of amides is 1. The molecule has 1 aliphatic carbocycles. The highest BCUT2D eigenvalue weighted by atomic mass is 32.2. The van der Waals surface area contributed by atoms with Gasteiger partial charge >= 0.3 is 0 Å². The summed E-state index contributed by atoms with van der Waals surface area (Å²) >= 11 is 2.69. The number of nitrogens with two attached hydrogens (primary N) is 1. The molecule has 3 N–H and O–H groups in total. The molecular weight excluding hydrogens is 456 g/mol. The van der Waals surface area contributed by atoms with Crippen LogP contribution in [0.5, 0.6) is 0 Å². The van der Waals surface area contributed by atoms with Crippen LogP contribution in [0.25, 0.3) is 11.3 Å². The Balaban J connectivity index is 1.49. The zero-order valence-corrected chi connectivity index (χ0v) is 19.1. The minimum atomic E-state index is -0.219. The maximum atomic E-state index is 12.6. The number of carbonyl (C=O) groups is 1. The van der Waals surface area contributed by atoms with Gasteiger partial charge < -0.3 is 15.5 Å². The molecule has 3 heterocycles. The van der Waals surface area contributed by atoms with E-state index in [1.165, 1.54) is 34.2 Å². The number of rotatable bonds is 6. The highest BCUT2D eigenvalue weighted by molar-refractivity contribution is 7.99. The number of nitrogen functional groups attached to an aromatic ring is 1. The van der Waals surface area contributed by atoms with Gasteiger partial charge in [0.1, 0.15) is 45.4 Å². The normalized spacial score (nSPS) is 12.3. The lowest BCUT2D eigenvalue weighted by Crippen LogP contribution is -2.12. The van der Waals surface area contributed by atoms with Crippen molar-refractivity contribution in [3.63, 3.8) is 0 Å². The number of thioether (sulfide) groups is 1. The van der Waals surface area contributed by atoms with Crippen LogP contribution in [0.3, 0.4) is 0 Å². The van der Waals surface area contributed by atoms with E-state index in [1.54, 1.807) is 12.1 Å². The lowest BCUT2D eigenvalue weighted by molar-refractivity contribution is -0.115. The highest BCUT2D eigenvalue weighted by Gasteiger charge is 2.23. The summed E-state index contributed by atoms with van der Waals surface area (Å²) in [5.41, 5.74) is 8.17. The summed E-state index contributed by atoms with van der Waals surface area (Å²) in [5.74, 6) is 0.466. The number of nitriles is 3. The second-order valence-electron chi connectivity index (χ2n) is 7.30. The Kier molecular flexibility index (Phi) is 6.65. The third kappa shape index (κ3) is 4.42. The van der Waals surface area contributed by atoms with E-state index in [2.05, 4.69) is 22.4 Å². The summed E-state index contributed by atoms with van der Waals surface area (Å²) in [6.07, 6.45) is 5.58. The first kappa shape index (κ1) is 22.4. The van der Waals surface area contributed by atoms with Gasteiger partial charge in [0.2, 0.25) is 5.91 Å². The fourth-order valence-electron chi connectivity index (χ4n) is 3.77. The van der Waals surface area contributed by atoms with Gasteiger partial charge in [-0.3, -0.25) is 4.79 Å². The average Bonchev–Trinajstić information content (AvgIpc) is 3.46. The molecular formula is C23H18N6O2S2. The predicted molar refractivity (Wildman–Crippen MR) is 125 cm³/mol. The smallest absolute Gasteiger partial charge is 0.225 e. The SMILES string of the molecule is N#Cc1c(NC(=O)CCSc2nc(N)c(C#N)c(-c3ccco3)c2C#N)sc2c1CCCC2. The molecule has 0 fully saturated rings. The number of pyridine rings is 1. The van der Waals surface area contributed by atoms with Crippen molar-refractivity contribution < 1.29 is 9.21 Å². The number of aryl methyl sites for hydroxylation is 1. The van der Waals surface area contributed by atoms with Crippen molar-refractivity contribution in [1.29, 1.82) is 15.8 Å². The van der Waals surface area contributed by atoms with Crippen LogP contribution in [0, 0.1) is 34.0 Å². The molecule has 0 aliphatic heterocycles. The summed E-state index contributed by atoms with van der Waals surface area (Å²) in [4.78, 5) is 18.0. The number of nitrogens with zero attached hydrogens (tertiary/aromatic N) is 4. The van der Waals surface area contributed by atoms with Crippen molar-refractivity contribution >= 4 is 39.8 Å². The third-order valence-electron chi connectivity index (χ3n) is 5.29. The van der Waals surface area contributed by atoms with Crippen molar-refractivity contribution in [3.8, 4) is 29.5 Å². The molecule has 3 aromatic heterocycles. The van der Waals surface area contributed by atoms with Gasteiger partial charge in [-0.15, -0.1) is 23.1 Å². The second-order valence-corrected chi connectivity index (χ2v) is 9.49. The summed E-state index contributed by atoms with van der Waals surface area (Å²) in [6.45, 7) is 0. The van der Waals surface area contributed by atoms with Crippen molar-refractivity contribution in [2.45, 2.75) is 37.1 Å². The van der Waals surface area contributed by atoms with E-state index < -0.39 is 0 Å². The van der Waals surface area contributed by atoms with E-state index in [9.17, 15) is 20.6 Å². The number of thiophene rings is 1. The first-order chi connectivity index (χ1) is 16.1. The van der Waals surface area contributed by atoms with Gasteiger partial charge in [-0.25, -0.2) is 4.98 Å². The predicted octanol–water partition coefficient (Wildman–Crippen LogP) is 4.60. The summed E-state index contributed by atoms with van der Waals surface area (Å²) in [6, 6.07) is 9.62. The number of fused-ring (bicyclic) bond motifs is 1. The molecule has 0 bridgehead atoms. The Morgan fingerprint density at radius 2 is 1.94 bits per heavy atom. The number of aromatic nitrogens is 1. The standard InChI is InChI=1S/C23H18N6O2S2/c24-10-14-13-4-1-2-6-18(13)33-23(14)28-19(30)7-9-32-22-16(12-26)20(17-5-3-8-31-17)15(11-25)21(27)29-22/h3,5,8H,1-2,4,6-7,9H2,(H2,27,29)(H,28,30). The van der Waals surface area contributed by atoms with Crippen molar-refractivity contribution in [2.75, 3.05) is 16.8 Å². The molecule has 0 radical (unpaired) electrons. The fourth-order valence-corrected chi connectivity index (χ4v) is 5.96. The van der Waals surface area contributed by atoms with Gasteiger partial charge in [-0.1, -0.05) is 0 Å². The van der Waals surface area contributed by atoms with Crippen molar-refractivity contribution in [1.82, 2.24) is 4.98 Å². The van der Waals surface area contributed by atoms with Gasteiger partial charge in [0.05, 0.1) is 23.0 Å². The van der Waals surface area contributed by atoms with E-state index in [4.69, 9.17) is 10.2 Å². The summed E-state index contributed by atoms with van der Waals surface area (Å²) < 4.78 is 5.40. The molecule has 0 unspecified atom stereocenters. The van der Waals surface area contributed by atoms with E-state index in [0.29, 0.717) is 32.7 Å². The topological polar surface area (TPSA) is 153 Å². The first-order valence-corrected chi connectivity index (χ1v) is 12.0. The molecule has 10 heteroatoms. The molecule has 1 aliphatic rings. The fraction of sp³-hybridized carbons (Fsp3) is 0.261. The monoisotopic (exact) mass is 474 g/mol. The zero-order valence-electron chi connectivity index (χ0n) is 17.5. The Hall–Kier alpha value is -3.78. The number of hydrogen-bond acceptors (Lipinski definition) is 9. The molecule has 0 spiro atoms. The third-order valence-corrected chi connectivity index (χ3v) is 7.47. The molecule has 33 heavy (non-hydrogen) atoms. The van der Waals surface area contributed by atoms with Gasteiger partial charge in [-0.2, -0.15) is 15.8 Å². The first-order valence-electron chi connectivity index (χ1n) is 10.2. The van der Waals surface area contributed by atoms with Crippen molar-refractivity contribution in [2.24, 2.45) is 0 Å². The highest BCUT2D eigenvalue weighted by Crippen LogP contribution is 2.38. The average molecular weight is 475 g/mol. The molecule has 0 aromatic carbocycles. The summed E-state index contributed by atoms with van der Waals surface area (Å²) in [5, 5.41) is 32.6. The van der Waals surface area contributed by atoms with E-state index >= 15 is 0 Å². The minimum Gasteiger partial charge on any atom is -0.464 e. The number of anilines is 2. The van der Waals surface area contributed by atoms with Crippen LogP contribution in [0.15, 0.2) is 27.8 Å². The van der Waals surface area contributed by atoms with Crippen molar-refractivity contribution in [3.05, 3.63) is 45.5 Å². The van der Waals surface area contributed by atoms with Gasteiger partial charge in [-0.05, 0) is 43.4 Å². The minimum absolute atomic E-state index is 0.00215. The molecule has 0 saturated carbocycles. The Morgan fingerprint density at radius 3 is 2.64 bits per heavy atom. The van der Waals surface area contributed by atoms with E-state index in [0.717, 1.165) is 31.2 Å². The molecule has 0 atom stereocenters. The lowest BCUT2D eigenvalue weighted by Gasteiger charge is -2.11. The van der Waals surface area contributed by atoms with E-state index in [-0.39, 0.29) is 29.3 Å². The molecule has 0 saturated heterocycles. The molecule has 4 rings (SSSR count). The van der Waals surface area contributed by atoms with Crippen LogP contribution in [-0.4, -0.2) is 16.6 Å². The number of furan rings is 1. The largest absolute Gasteiger partial charge is 0.464 e. The number of nitrogens with one attached hydrogen (secondary N) is 1. The Labute approximate surface area is 198 Å². The van der Waals surface area contributed by atoms with Crippen LogP contribution in [0.4, 0.5) is 10.8 Å². The van der Waals surface area contributed by atoms with Crippen LogP contribution in [-0.2, 0) is 17.6 Å². The number of carbonyl (C=O) groups excluding carboxylic acids is 1. The van der Waals surface area contributed by atoms with Gasteiger partial charge in [0, 0.05) is 17.1 Å². The quantitative estimate of drug-likeness (QED) is 0.492. The molecule has 164 valence electrons. The Morgan fingerprint density at radius 1 is 1.18 bits per heavy atom. The maximum absolute atomic E-state index is 12.6. The lowest BCUT2D eigenvalue weighted by atomic mass is 9.96. The second kappa shape index (κ2) is 9.79. The maximum Gasteiger partial charge on any atom is 0.225 e. The van der Waals surface area contributed by atoms with Crippen LogP contribution in [0.1, 0.15) is 46.4 Å². The van der Waals surface area contributed by atoms with Crippen LogP contribution >= 0.6 is 23.1 Å². The van der Waals surface area contributed by atoms with Crippen LogP contribution < -0.4 is 11.1 Å². The zero-order chi connectivity index (χ0) is 23.4. The molecule has 8 nitrogen and oxygen atoms in total. The molecule has 3 aromatic rings. The molecule has 1 amide bonds. The van der Waals surface area contributed by atoms with Gasteiger partial charge in [0.25, 0.3) is 0 Å². The van der Waals surface area contributed by atoms with Gasteiger partial charge in [0.15, 0.2) is 0 Å². The summed E-state index contributed by atoms with van der Waals surface area (Å²) in [7, 11) is 0. The van der Waals surface area contributed by atoms with E-state index in [1.807, 2.05) is 6.07 Å². The van der Waals surface area contributed by atoms with Crippen LogP contribution in [0.2, 0.25) is 0 Å². The number of hydrogen-bond donors (Lipinski definition) is 2. The Bertz CT molecular complexity index is 1340.